The van der Waals surface area contributed by atoms with Gasteiger partial charge in [0.2, 0.25) is 0 Å². The van der Waals surface area contributed by atoms with E-state index in [1.165, 1.54) is 6.33 Å². The van der Waals surface area contributed by atoms with Crippen molar-refractivity contribution in [3.8, 4) is 11.5 Å². The summed E-state index contributed by atoms with van der Waals surface area (Å²) in [6.45, 7) is 1.35. The summed E-state index contributed by atoms with van der Waals surface area (Å²) >= 11 is 0. The molecule has 3 heterocycles. The number of nitrogens with zero attached hydrogens (tertiary/aromatic N) is 5. The van der Waals surface area contributed by atoms with Crippen molar-refractivity contribution in [3.63, 3.8) is 0 Å². The van der Waals surface area contributed by atoms with Crippen LogP contribution in [0.2, 0.25) is 0 Å². The maximum absolute atomic E-state index is 11.4. The summed E-state index contributed by atoms with van der Waals surface area (Å²) in [7, 11) is 0. The predicted molar refractivity (Wildman–Crippen MR) is 67.6 cm³/mol. The molecule has 1 aliphatic rings. The van der Waals surface area contributed by atoms with Gasteiger partial charge in [0.1, 0.15) is 6.33 Å². The SMILES string of the molecule is O=[N+]([O-])c1c2n(c3ccccc13)CCn1ncnc1-2. The van der Waals surface area contributed by atoms with Crippen LogP contribution in [0.25, 0.3) is 22.4 Å². The van der Waals surface area contributed by atoms with E-state index < -0.39 is 0 Å². The summed E-state index contributed by atoms with van der Waals surface area (Å²) in [6.07, 6.45) is 1.44. The molecule has 2 aromatic heterocycles. The molecule has 0 aliphatic carbocycles. The molecular weight excluding hydrogens is 246 g/mol. The van der Waals surface area contributed by atoms with Crippen LogP contribution < -0.4 is 0 Å². The summed E-state index contributed by atoms with van der Waals surface area (Å²) < 4.78 is 3.67. The molecule has 4 rings (SSSR count). The van der Waals surface area contributed by atoms with Crippen LogP contribution in [0.5, 0.6) is 0 Å². The second kappa shape index (κ2) is 3.41. The molecule has 0 radical (unpaired) electrons. The Morgan fingerprint density at radius 3 is 2.95 bits per heavy atom. The molecule has 0 saturated carbocycles. The lowest BCUT2D eigenvalue weighted by atomic mass is 10.2. The Kier molecular flexibility index (Phi) is 1.84. The first-order valence-corrected chi connectivity index (χ1v) is 5.91. The molecule has 0 N–H and O–H groups in total. The fourth-order valence-corrected chi connectivity index (χ4v) is 2.73. The third-order valence-electron chi connectivity index (χ3n) is 3.49. The van der Waals surface area contributed by atoms with Gasteiger partial charge in [-0.25, -0.2) is 9.67 Å². The highest BCUT2D eigenvalue weighted by Crippen LogP contribution is 2.40. The Morgan fingerprint density at radius 1 is 1.26 bits per heavy atom. The number of para-hydroxylation sites is 1. The molecule has 3 aromatic rings. The number of fused-ring (bicyclic) bond motifs is 5. The van der Waals surface area contributed by atoms with Crippen molar-refractivity contribution >= 4 is 16.6 Å². The van der Waals surface area contributed by atoms with Gasteiger partial charge in [-0.15, -0.1) is 0 Å². The molecule has 1 aliphatic heterocycles. The predicted octanol–water partition coefficient (Wildman–Crippen LogP) is 1.82. The van der Waals surface area contributed by atoms with Crippen molar-refractivity contribution in [1.29, 1.82) is 0 Å². The normalized spacial score (nSPS) is 13.3. The highest BCUT2D eigenvalue weighted by atomic mass is 16.6. The first-order valence-electron chi connectivity index (χ1n) is 5.91. The van der Waals surface area contributed by atoms with Gasteiger partial charge in [0.25, 0.3) is 0 Å². The number of hydrogen-bond donors (Lipinski definition) is 0. The van der Waals surface area contributed by atoms with E-state index in [9.17, 15) is 10.1 Å². The van der Waals surface area contributed by atoms with E-state index in [1.807, 2.05) is 22.8 Å². The second-order valence-electron chi connectivity index (χ2n) is 4.43. The smallest absolute Gasteiger partial charge is 0.306 e. The summed E-state index contributed by atoms with van der Waals surface area (Å²) in [6, 6.07) is 7.38. The Morgan fingerprint density at radius 2 is 2.11 bits per heavy atom. The highest BCUT2D eigenvalue weighted by Gasteiger charge is 2.32. The van der Waals surface area contributed by atoms with Crippen LogP contribution in [0.1, 0.15) is 0 Å². The molecule has 0 saturated heterocycles. The van der Waals surface area contributed by atoms with Crippen LogP contribution >= 0.6 is 0 Å². The van der Waals surface area contributed by atoms with E-state index in [-0.39, 0.29) is 10.6 Å². The lowest BCUT2D eigenvalue weighted by Gasteiger charge is -2.16. The molecule has 0 fully saturated rings. The minimum atomic E-state index is -0.335. The largest absolute Gasteiger partial charge is 0.330 e. The first-order chi connectivity index (χ1) is 9.27. The Bertz CT molecular complexity index is 817. The lowest BCUT2D eigenvalue weighted by Crippen LogP contribution is -2.17. The van der Waals surface area contributed by atoms with E-state index in [0.29, 0.717) is 30.0 Å². The number of hydrogen-bond acceptors (Lipinski definition) is 4. The zero-order valence-electron chi connectivity index (χ0n) is 9.85. The van der Waals surface area contributed by atoms with Crippen molar-refractivity contribution in [2.45, 2.75) is 13.1 Å². The Balaban J connectivity index is 2.20. The molecule has 0 amide bonds. The van der Waals surface area contributed by atoms with Crippen molar-refractivity contribution in [3.05, 3.63) is 40.7 Å². The minimum absolute atomic E-state index is 0.115. The van der Waals surface area contributed by atoms with Gasteiger partial charge in [0.15, 0.2) is 11.5 Å². The zero-order chi connectivity index (χ0) is 13.0. The summed E-state index contributed by atoms with van der Waals surface area (Å²) in [5.74, 6) is 0.564. The lowest BCUT2D eigenvalue weighted by molar-refractivity contribution is -0.382. The quantitative estimate of drug-likeness (QED) is 0.490. The molecule has 7 nitrogen and oxygen atoms in total. The number of benzene rings is 1. The molecule has 94 valence electrons. The van der Waals surface area contributed by atoms with Gasteiger partial charge in [-0.2, -0.15) is 5.10 Å². The fraction of sp³-hybridized carbons (Fsp3) is 0.167. The second-order valence-corrected chi connectivity index (χ2v) is 4.43. The topological polar surface area (TPSA) is 78.8 Å². The van der Waals surface area contributed by atoms with Crippen molar-refractivity contribution in [2.24, 2.45) is 0 Å². The fourth-order valence-electron chi connectivity index (χ4n) is 2.73. The van der Waals surface area contributed by atoms with Crippen LogP contribution in [0, 0.1) is 10.1 Å². The summed E-state index contributed by atoms with van der Waals surface area (Å²) in [4.78, 5) is 15.2. The average molecular weight is 255 g/mol. The number of aryl methyl sites for hydroxylation is 2. The summed E-state index contributed by atoms with van der Waals surface area (Å²) in [5.41, 5.74) is 1.54. The van der Waals surface area contributed by atoms with E-state index in [0.717, 1.165) is 5.52 Å². The van der Waals surface area contributed by atoms with E-state index in [4.69, 9.17) is 0 Å². The van der Waals surface area contributed by atoms with E-state index in [2.05, 4.69) is 10.1 Å². The molecule has 0 unspecified atom stereocenters. The van der Waals surface area contributed by atoms with Crippen molar-refractivity contribution < 1.29 is 4.92 Å². The monoisotopic (exact) mass is 255 g/mol. The highest BCUT2D eigenvalue weighted by molar-refractivity contribution is 5.97. The van der Waals surface area contributed by atoms with Gasteiger partial charge in [-0.05, 0) is 12.1 Å². The van der Waals surface area contributed by atoms with Gasteiger partial charge >= 0.3 is 5.69 Å². The molecule has 7 heteroatoms. The molecule has 0 bridgehead atoms. The Labute approximate surface area is 107 Å². The third kappa shape index (κ3) is 1.21. The van der Waals surface area contributed by atoms with Crippen LogP contribution in [0.15, 0.2) is 30.6 Å². The van der Waals surface area contributed by atoms with E-state index >= 15 is 0 Å². The van der Waals surface area contributed by atoms with E-state index in [1.54, 1.807) is 10.7 Å². The molecule has 0 spiro atoms. The zero-order valence-corrected chi connectivity index (χ0v) is 9.85. The maximum Gasteiger partial charge on any atom is 0.306 e. The first kappa shape index (κ1) is 10.2. The van der Waals surface area contributed by atoms with Crippen LogP contribution in [0.4, 0.5) is 5.69 Å². The van der Waals surface area contributed by atoms with Crippen LogP contribution in [-0.2, 0) is 13.1 Å². The molecular formula is C12H9N5O2. The van der Waals surface area contributed by atoms with Crippen molar-refractivity contribution in [2.75, 3.05) is 0 Å². The molecule has 0 atom stereocenters. The van der Waals surface area contributed by atoms with Gasteiger partial charge in [-0.3, -0.25) is 10.1 Å². The van der Waals surface area contributed by atoms with Gasteiger partial charge in [0, 0.05) is 6.54 Å². The standard InChI is InChI=1S/C12H9N5O2/c18-17(19)10-8-3-1-2-4-9(8)15-5-6-16-12(11(10)15)13-7-14-16/h1-4,7H,5-6H2. The number of nitro groups is 1. The minimum Gasteiger partial charge on any atom is -0.330 e. The maximum atomic E-state index is 11.4. The van der Waals surface area contributed by atoms with Gasteiger partial charge in [0.05, 0.1) is 22.4 Å². The number of rotatable bonds is 1. The third-order valence-corrected chi connectivity index (χ3v) is 3.49. The van der Waals surface area contributed by atoms with Crippen molar-refractivity contribution in [1.82, 2.24) is 19.3 Å². The molecule has 19 heavy (non-hydrogen) atoms. The van der Waals surface area contributed by atoms with Gasteiger partial charge < -0.3 is 4.57 Å². The van der Waals surface area contributed by atoms with Crippen LogP contribution in [0.3, 0.4) is 0 Å². The molecule has 1 aromatic carbocycles. The summed E-state index contributed by atoms with van der Waals surface area (Å²) in [5, 5.41) is 16.2. The average Bonchev–Trinajstić information content (AvgIpc) is 3.00. The van der Waals surface area contributed by atoms with Gasteiger partial charge in [-0.1, -0.05) is 12.1 Å². The number of aromatic nitrogens is 4. The Hall–Kier alpha value is -2.70. The van der Waals surface area contributed by atoms with Crippen LogP contribution in [-0.4, -0.2) is 24.3 Å².